The topological polar surface area (TPSA) is 25.4 Å². The Morgan fingerprint density at radius 1 is 1.14 bits per heavy atom. The third-order valence-corrected chi connectivity index (χ3v) is 4.76. The molecule has 0 bridgehead atoms. The monoisotopic (exact) mass is 312 g/mol. The number of para-hydroxylation sites is 1. The number of hydrogen-bond acceptors (Lipinski definition) is 4. The molecule has 0 aliphatic carbocycles. The number of benzene rings is 2. The van der Waals surface area contributed by atoms with E-state index < -0.39 is 0 Å². The summed E-state index contributed by atoms with van der Waals surface area (Å²) in [5.74, 6) is 0.942. The van der Waals surface area contributed by atoms with Crippen molar-refractivity contribution in [2.75, 3.05) is 25.1 Å². The van der Waals surface area contributed by atoms with Crippen molar-refractivity contribution in [2.24, 2.45) is 0 Å². The van der Waals surface area contributed by atoms with E-state index >= 15 is 0 Å². The van der Waals surface area contributed by atoms with Crippen molar-refractivity contribution in [3.63, 3.8) is 0 Å². The van der Waals surface area contributed by atoms with Gasteiger partial charge in [0.1, 0.15) is 12.4 Å². The fourth-order valence-electron chi connectivity index (χ4n) is 2.27. The number of rotatable bonds is 6. The van der Waals surface area contributed by atoms with Crippen LogP contribution in [0.1, 0.15) is 12.5 Å². The smallest absolute Gasteiger partial charge is 0.186 e. The number of thiazole rings is 1. The molecule has 3 aromatic rings. The lowest BCUT2D eigenvalue weighted by Crippen LogP contribution is -2.23. The van der Waals surface area contributed by atoms with Crippen LogP contribution in [0, 0.1) is 0 Å². The Labute approximate surface area is 135 Å². The third kappa shape index (κ3) is 3.39. The highest BCUT2D eigenvalue weighted by atomic mass is 32.1. The molecule has 0 atom stereocenters. The van der Waals surface area contributed by atoms with Crippen molar-refractivity contribution in [2.45, 2.75) is 13.3 Å². The second kappa shape index (κ2) is 6.79. The Morgan fingerprint density at radius 2 is 2.00 bits per heavy atom. The lowest BCUT2D eigenvalue weighted by Gasteiger charge is -2.16. The van der Waals surface area contributed by atoms with E-state index in [1.165, 1.54) is 10.3 Å². The van der Waals surface area contributed by atoms with Gasteiger partial charge in [-0.2, -0.15) is 0 Å². The molecular weight excluding hydrogens is 292 g/mol. The van der Waals surface area contributed by atoms with Gasteiger partial charge in [-0.1, -0.05) is 42.5 Å². The van der Waals surface area contributed by atoms with Gasteiger partial charge >= 0.3 is 0 Å². The summed E-state index contributed by atoms with van der Waals surface area (Å²) < 4.78 is 7.07. The van der Waals surface area contributed by atoms with Crippen LogP contribution in [0.25, 0.3) is 10.2 Å². The molecule has 1 aromatic heterocycles. The van der Waals surface area contributed by atoms with Crippen LogP contribution < -0.4 is 9.64 Å². The maximum absolute atomic E-state index is 5.85. The first-order chi connectivity index (χ1) is 10.8. The highest BCUT2D eigenvalue weighted by Gasteiger charge is 2.08. The molecule has 1 heterocycles. The van der Waals surface area contributed by atoms with Gasteiger partial charge < -0.3 is 9.64 Å². The van der Waals surface area contributed by atoms with Crippen LogP contribution in [0.2, 0.25) is 0 Å². The predicted octanol–water partition coefficient (Wildman–Crippen LogP) is 4.37. The molecule has 0 saturated heterocycles. The van der Waals surface area contributed by atoms with E-state index in [9.17, 15) is 0 Å². The molecule has 3 rings (SSSR count). The lowest BCUT2D eigenvalue weighted by molar-refractivity contribution is 0.325. The number of anilines is 1. The van der Waals surface area contributed by atoms with Gasteiger partial charge in [-0.15, -0.1) is 0 Å². The maximum atomic E-state index is 5.85. The molecule has 0 radical (unpaired) electrons. The maximum Gasteiger partial charge on any atom is 0.186 e. The largest absolute Gasteiger partial charge is 0.492 e. The zero-order valence-corrected chi connectivity index (χ0v) is 13.8. The summed E-state index contributed by atoms with van der Waals surface area (Å²) >= 11 is 1.72. The standard InChI is InChI=1S/C18H20N2OS/c1-3-14-7-6-8-15(13-14)21-12-11-20(2)18-19-16-9-4-5-10-17(16)22-18/h4-10,13H,3,11-12H2,1-2H3. The Kier molecular flexibility index (Phi) is 4.59. The number of aromatic nitrogens is 1. The van der Waals surface area contributed by atoms with Crippen molar-refractivity contribution in [1.29, 1.82) is 0 Å². The average molecular weight is 312 g/mol. The normalized spacial score (nSPS) is 10.8. The van der Waals surface area contributed by atoms with Gasteiger partial charge in [-0.05, 0) is 36.2 Å². The van der Waals surface area contributed by atoms with Gasteiger partial charge in [0.2, 0.25) is 0 Å². The van der Waals surface area contributed by atoms with Gasteiger partial charge in [-0.3, -0.25) is 0 Å². The first-order valence-electron chi connectivity index (χ1n) is 7.54. The van der Waals surface area contributed by atoms with Crippen molar-refractivity contribution < 1.29 is 4.74 Å². The molecule has 3 nitrogen and oxygen atoms in total. The van der Waals surface area contributed by atoms with Crippen LogP contribution in [-0.4, -0.2) is 25.2 Å². The predicted molar refractivity (Wildman–Crippen MR) is 94.2 cm³/mol. The van der Waals surface area contributed by atoms with Gasteiger partial charge in [0.15, 0.2) is 5.13 Å². The number of fused-ring (bicyclic) bond motifs is 1. The first-order valence-corrected chi connectivity index (χ1v) is 8.36. The number of hydrogen-bond donors (Lipinski definition) is 0. The van der Waals surface area contributed by atoms with E-state index in [2.05, 4.69) is 48.1 Å². The van der Waals surface area contributed by atoms with Gasteiger partial charge in [0.05, 0.1) is 16.8 Å². The average Bonchev–Trinajstić information content (AvgIpc) is 2.99. The molecule has 22 heavy (non-hydrogen) atoms. The van der Waals surface area contributed by atoms with E-state index in [1.807, 2.05) is 24.3 Å². The molecule has 0 fully saturated rings. The lowest BCUT2D eigenvalue weighted by atomic mass is 10.2. The minimum atomic E-state index is 0.652. The number of ether oxygens (including phenoxy) is 1. The summed E-state index contributed by atoms with van der Waals surface area (Å²) in [6.45, 7) is 3.62. The molecular formula is C18H20N2OS. The summed E-state index contributed by atoms with van der Waals surface area (Å²) in [5, 5.41) is 1.03. The summed E-state index contributed by atoms with van der Waals surface area (Å²) in [7, 11) is 2.06. The van der Waals surface area contributed by atoms with Crippen LogP contribution in [-0.2, 0) is 6.42 Å². The summed E-state index contributed by atoms with van der Waals surface area (Å²) in [4.78, 5) is 6.80. The van der Waals surface area contributed by atoms with Crippen LogP contribution in [0.15, 0.2) is 48.5 Å². The van der Waals surface area contributed by atoms with E-state index in [4.69, 9.17) is 4.74 Å². The highest BCUT2D eigenvalue weighted by Crippen LogP contribution is 2.27. The fourth-order valence-corrected chi connectivity index (χ4v) is 3.23. The minimum Gasteiger partial charge on any atom is -0.492 e. The van der Waals surface area contributed by atoms with Crippen LogP contribution in [0.4, 0.5) is 5.13 Å². The zero-order valence-electron chi connectivity index (χ0n) is 13.0. The van der Waals surface area contributed by atoms with Gasteiger partial charge in [0.25, 0.3) is 0 Å². The SMILES string of the molecule is CCc1cccc(OCCN(C)c2nc3ccccc3s2)c1. The van der Waals surface area contributed by atoms with Gasteiger partial charge in [-0.25, -0.2) is 4.98 Å². The first kappa shape index (κ1) is 14.9. The summed E-state index contributed by atoms with van der Waals surface area (Å²) in [6.07, 6.45) is 1.03. The van der Waals surface area contributed by atoms with Crippen molar-refractivity contribution in [3.8, 4) is 5.75 Å². The minimum absolute atomic E-state index is 0.652. The van der Waals surface area contributed by atoms with Crippen molar-refractivity contribution in [3.05, 3.63) is 54.1 Å². The third-order valence-electron chi connectivity index (χ3n) is 3.61. The molecule has 0 aliphatic heterocycles. The number of nitrogens with zero attached hydrogens (tertiary/aromatic N) is 2. The Morgan fingerprint density at radius 3 is 2.82 bits per heavy atom. The Bertz CT molecular complexity index is 720. The Hall–Kier alpha value is -2.07. The molecule has 0 amide bonds. The molecule has 2 aromatic carbocycles. The van der Waals surface area contributed by atoms with Crippen LogP contribution >= 0.6 is 11.3 Å². The molecule has 114 valence electrons. The zero-order chi connectivity index (χ0) is 15.4. The molecule has 0 spiro atoms. The van der Waals surface area contributed by atoms with Gasteiger partial charge in [0, 0.05) is 7.05 Å². The summed E-state index contributed by atoms with van der Waals surface area (Å²) in [5.41, 5.74) is 2.36. The van der Waals surface area contributed by atoms with Crippen LogP contribution in [0.3, 0.4) is 0 Å². The Balaban J connectivity index is 1.58. The number of aryl methyl sites for hydroxylation is 1. The molecule has 4 heteroatoms. The number of likely N-dealkylation sites (N-methyl/N-ethyl adjacent to an activating group) is 1. The molecule has 0 N–H and O–H groups in total. The van der Waals surface area contributed by atoms with Crippen molar-refractivity contribution >= 4 is 26.7 Å². The van der Waals surface area contributed by atoms with E-state index in [0.29, 0.717) is 6.61 Å². The summed E-state index contributed by atoms with van der Waals surface area (Å²) in [6, 6.07) is 16.5. The van der Waals surface area contributed by atoms with E-state index in [0.717, 1.165) is 29.4 Å². The second-order valence-corrected chi connectivity index (χ2v) is 6.24. The van der Waals surface area contributed by atoms with Crippen molar-refractivity contribution in [1.82, 2.24) is 4.98 Å². The fraction of sp³-hybridized carbons (Fsp3) is 0.278. The molecule has 0 unspecified atom stereocenters. The van der Waals surface area contributed by atoms with E-state index in [1.54, 1.807) is 11.3 Å². The van der Waals surface area contributed by atoms with Crippen LogP contribution in [0.5, 0.6) is 5.75 Å². The molecule has 0 saturated carbocycles. The quantitative estimate of drug-likeness (QED) is 0.675. The van der Waals surface area contributed by atoms with E-state index in [-0.39, 0.29) is 0 Å². The highest BCUT2D eigenvalue weighted by molar-refractivity contribution is 7.22. The molecule has 0 aliphatic rings. The second-order valence-electron chi connectivity index (χ2n) is 5.24.